The van der Waals surface area contributed by atoms with Gasteiger partial charge in [0.25, 0.3) is 0 Å². The van der Waals surface area contributed by atoms with Crippen molar-refractivity contribution in [1.82, 2.24) is 0 Å². The summed E-state index contributed by atoms with van der Waals surface area (Å²) in [5.74, 6) is 1.04. The number of hydrogen-bond acceptors (Lipinski definition) is 2. The van der Waals surface area contributed by atoms with Crippen LogP contribution in [0.15, 0.2) is 18.2 Å². The molecule has 0 aliphatic carbocycles. The van der Waals surface area contributed by atoms with Gasteiger partial charge in [0.1, 0.15) is 0 Å². The summed E-state index contributed by atoms with van der Waals surface area (Å²) in [6.45, 7) is 4.32. The van der Waals surface area contributed by atoms with Crippen LogP contribution in [-0.4, -0.2) is 10.4 Å². The van der Waals surface area contributed by atoms with Gasteiger partial charge in [-0.3, -0.25) is 0 Å². The molecule has 1 N–H and O–H groups in total. The highest BCUT2D eigenvalue weighted by Crippen LogP contribution is 2.35. The highest BCUT2D eigenvalue weighted by atomic mass is 32.2. The van der Waals surface area contributed by atoms with E-state index >= 15 is 0 Å². The summed E-state index contributed by atoms with van der Waals surface area (Å²) >= 11 is 1.94. The molecular formula is C12H16OS. The summed E-state index contributed by atoms with van der Waals surface area (Å²) in [5, 5.41) is 10.6. The average Bonchev–Trinajstić information content (AvgIpc) is 2.28. The molecule has 0 radical (unpaired) electrons. The zero-order chi connectivity index (χ0) is 10.1. The topological polar surface area (TPSA) is 20.2 Å². The maximum absolute atomic E-state index is 10.0. The van der Waals surface area contributed by atoms with Crippen LogP contribution in [0.2, 0.25) is 0 Å². The maximum atomic E-state index is 10.0. The zero-order valence-corrected chi connectivity index (χ0v) is 9.47. The van der Waals surface area contributed by atoms with E-state index < -0.39 is 0 Å². The molecule has 2 heteroatoms. The van der Waals surface area contributed by atoms with Crippen LogP contribution in [0.25, 0.3) is 0 Å². The lowest BCUT2D eigenvalue weighted by Gasteiger charge is -2.13. The predicted octanol–water partition coefficient (Wildman–Crippen LogP) is 3.05. The second-order valence-corrected chi connectivity index (χ2v) is 5.44. The van der Waals surface area contributed by atoms with Gasteiger partial charge in [0.15, 0.2) is 0 Å². The molecule has 1 nitrogen and oxygen atoms in total. The quantitative estimate of drug-likeness (QED) is 0.707. The van der Waals surface area contributed by atoms with Crippen molar-refractivity contribution in [3.05, 3.63) is 34.9 Å². The minimum Gasteiger partial charge on any atom is -0.388 e. The molecule has 1 aliphatic rings. The van der Waals surface area contributed by atoms with Crippen LogP contribution in [0.4, 0.5) is 0 Å². The highest BCUT2D eigenvalue weighted by molar-refractivity contribution is 7.99. The average molecular weight is 208 g/mol. The van der Waals surface area contributed by atoms with Gasteiger partial charge in [-0.1, -0.05) is 25.1 Å². The van der Waals surface area contributed by atoms with Crippen LogP contribution in [0, 0.1) is 6.92 Å². The van der Waals surface area contributed by atoms with Gasteiger partial charge in [0.05, 0.1) is 6.10 Å². The van der Waals surface area contributed by atoms with E-state index in [1.54, 1.807) is 0 Å². The SMILES string of the molecule is Cc1cccc2c1CSC(C)C[C@H]2O. The lowest BCUT2D eigenvalue weighted by atomic mass is 9.97. The Bertz CT molecular complexity index is 335. The highest BCUT2D eigenvalue weighted by Gasteiger charge is 2.21. The van der Waals surface area contributed by atoms with Crippen molar-refractivity contribution in [3.63, 3.8) is 0 Å². The van der Waals surface area contributed by atoms with Crippen molar-refractivity contribution >= 4 is 11.8 Å². The van der Waals surface area contributed by atoms with Crippen molar-refractivity contribution in [2.75, 3.05) is 0 Å². The van der Waals surface area contributed by atoms with Gasteiger partial charge in [0, 0.05) is 11.0 Å². The number of aryl methyl sites for hydroxylation is 1. The van der Waals surface area contributed by atoms with Crippen LogP contribution in [0.1, 0.15) is 36.1 Å². The molecule has 1 aliphatic heterocycles. The number of rotatable bonds is 0. The Morgan fingerprint density at radius 2 is 2.21 bits per heavy atom. The Labute approximate surface area is 89.5 Å². The van der Waals surface area contributed by atoms with Crippen LogP contribution in [0.5, 0.6) is 0 Å². The Kier molecular flexibility index (Phi) is 2.84. The molecule has 76 valence electrons. The minimum absolute atomic E-state index is 0.269. The molecule has 0 spiro atoms. The van der Waals surface area contributed by atoms with Crippen LogP contribution >= 0.6 is 11.8 Å². The van der Waals surface area contributed by atoms with E-state index in [1.165, 1.54) is 11.1 Å². The summed E-state index contributed by atoms with van der Waals surface area (Å²) in [4.78, 5) is 0. The number of thioether (sulfide) groups is 1. The minimum atomic E-state index is -0.269. The van der Waals surface area contributed by atoms with E-state index in [9.17, 15) is 5.11 Å². The van der Waals surface area contributed by atoms with E-state index in [0.29, 0.717) is 5.25 Å². The zero-order valence-electron chi connectivity index (χ0n) is 8.66. The first-order chi connectivity index (χ1) is 6.68. The molecule has 0 fully saturated rings. The molecule has 2 rings (SSSR count). The Balaban J connectivity index is 2.43. The van der Waals surface area contributed by atoms with Gasteiger partial charge in [0.2, 0.25) is 0 Å². The first-order valence-electron chi connectivity index (χ1n) is 5.06. The third-order valence-corrected chi connectivity index (χ3v) is 4.09. The third kappa shape index (κ3) is 1.82. The molecule has 0 bridgehead atoms. The molecule has 0 aromatic heterocycles. The number of hydrogen-bond donors (Lipinski definition) is 1. The van der Waals surface area contributed by atoms with Gasteiger partial charge >= 0.3 is 0 Å². The van der Waals surface area contributed by atoms with E-state index in [2.05, 4.69) is 26.0 Å². The van der Waals surface area contributed by atoms with E-state index in [1.807, 2.05) is 17.8 Å². The number of aliphatic hydroxyl groups is 1. The maximum Gasteiger partial charge on any atom is 0.0803 e. The van der Waals surface area contributed by atoms with Gasteiger partial charge in [-0.2, -0.15) is 11.8 Å². The summed E-state index contributed by atoms with van der Waals surface area (Å²) in [6.07, 6.45) is 0.607. The largest absolute Gasteiger partial charge is 0.388 e. The number of aliphatic hydroxyl groups excluding tert-OH is 1. The van der Waals surface area contributed by atoms with Gasteiger partial charge < -0.3 is 5.11 Å². The molecule has 14 heavy (non-hydrogen) atoms. The fraction of sp³-hybridized carbons (Fsp3) is 0.500. The van der Waals surface area contributed by atoms with Crippen LogP contribution in [-0.2, 0) is 5.75 Å². The number of fused-ring (bicyclic) bond motifs is 1. The van der Waals surface area contributed by atoms with Crippen molar-refractivity contribution in [2.45, 2.75) is 37.4 Å². The molecule has 1 heterocycles. The predicted molar refractivity (Wildman–Crippen MR) is 61.5 cm³/mol. The smallest absolute Gasteiger partial charge is 0.0803 e. The van der Waals surface area contributed by atoms with E-state index in [0.717, 1.165) is 17.7 Å². The molecule has 0 saturated heterocycles. The van der Waals surface area contributed by atoms with Crippen molar-refractivity contribution in [2.24, 2.45) is 0 Å². The van der Waals surface area contributed by atoms with Crippen LogP contribution < -0.4 is 0 Å². The van der Waals surface area contributed by atoms with Gasteiger partial charge in [-0.25, -0.2) is 0 Å². The number of benzene rings is 1. The van der Waals surface area contributed by atoms with Crippen molar-refractivity contribution < 1.29 is 5.11 Å². The first kappa shape index (κ1) is 10.1. The fourth-order valence-electron chi connectivity index (χ4n) is 1.97. The third-order valence-electron chi connectivity index (χ3n) is 2.87. The molecule has 1 unspecified atom stereocenters. The second kappa shape index (κ2) is 3.95. The molecule has 1 aromatic rings. The normalized spacial score (nSPS) is 26.8. The monoisotopic (exact) mass is 208 g/mol. The molecule has 0 amide bonds. The Morgan fingerprint density at radius 1 is 1.43 bits per heavy atom. The first-order valence-corrected chi connectivity index (χ1v) is 6.11. The molecule has 0 saturated carbocycles. The van der Waals surface area contributed by atoms with Crippen molar-refractivity contribution in [3.8, 4) is 0 Å². The molecule has 2 atom stereocenters. The summed E-state index contributed by atoms with van der Waals surface area (Å²) < 4.78 is 0. The lowest BCUT2D eigenvalue weighted by Crippen LogP contribution is -2.03. The second-order valence-electron chi connectivity index (χ2n) is 4.02. The standard InChI is InChI=1S/C12H16OS/c1-8-4-3-5-10-11(8)7-14-9(2)6-12(10)13/h3-5,9,12-13H,6-7H2,1-2H3/t9?,12-/m1/s1. The Hall–Kier alpha value is -0.470. The Morgan fingerprint density at radius 3 is 3.00 bits per heavy atom. The summed E-state index contributed by atoms with van der Waals surface area (Å²) in [7, 11) is 0. The van der Waals surface area contributed by atoms with E-state index in [-0.39, 0.29) is 6.10 Å². The summed E-state index contributed by atoms with van der Waals surface area (Å²) in [5.41, 5.74) is 3.79. The van der Waals surface area contributed by atoms with E-state index in [4.69, 9.17) is 0 Å². The van der Waals surface area contributed by atoms with Crippen LogP contribution in [0.3, 0.4) is 0 Å². The lowest BCUT2D eigenvalue weighted by molar-refractivity contribution is 0.168. The molecule has 1 aromatic carbocycles. The van der Waals surface area contributed by atoms with Crippen molar-refractivity contribution in [1.29, 1.82) is 0 Å². The fourth-order valence-corrected chi connectivity index (χ4v) is 3.13. The van der Waals surface area contributed by atoms with Gasteiger partial charge in [-0.05, 0) is 30.0 Å². The molecular weight excluding hydrogens is 192 g/mol. The summed E-state index contributed by atoms with van der Waals surface area (Å²) in [6, 6.07) is 6.23. The van der Waals surface area contributed by atoms with Gasteiger partial charge in [-0.15, -0.1) is 0 Å².